The van der Waals surface area contributed by atoms with E-state index in [0.29, 0.717) is 12.8 Å². The molecule has 0 amide bonds. The third-order valence-corrected chi connectivity index (χ3v) is 12.7. The first kappa shape index (κ1) is 27.8. The van der Waals surface area contributed by atoms with Crippen molar-refractivity contribution in [2.24, 2.45) is 11.8 Å². The van der Waals surface area contributed by atoms with Crippen LogP contribution in [0.1, 0.15) is 60.8 Å². The molecule has 2 rings (SSSR count). The number of carboxylic acid groups (broad SMARTS) is 1. The van der Waals surface area contributed by atoms with E-state index in [1.165, 1.54) is 5.57 Å². The van der Waals surface area contributed by atoms with Crippen LogP contribution in [0.2, 0.25) is 18.1 Å². The predicted molar refractivity (Wildman–Crippen MR) is 140 cm³/mol. The van der Waals surface area contributed by atoms with Crippen LogP contribution in [0.4, 0.5) is 0 Å². The van der Waals surface area contributed by atoms with Gasteiger partial charge in [0, 0.05) is 12.3 Å². The standard InChI is InChI=1S/C25H41IO5Si/c1-17(16-26)20(31-32(7,8)24(3,4)5)12-10-9-11-13-21-18(2)22-19(23(27)28)14-15-25(6,29-21)30-22/h9-11,13,16,18-22H,12,14-15H2,1-8H3,(H,27,28)/b10-9+,13-11+,17-16+/t18-,19+,20-,21-,22+,25?/m0/s1. The average molecular weight is 577 g/mol. The highest BCUT2D eigenvalue weighted by molar-refractivity contribution is 14.1. The average Bonchev–Trinajstić information content (AvgIpc) is 2.68. The molecule has 0 aromatic carbocycles. The van der Waals surface area contributed by atoms with Gasteiger partial charge in [-0.2, -0.15) is 0 Å². The van der Waals surface area contributed by atoms with E-state index in [9.17, 15) is 9.90 Å². The highest BCUT2D eigenvalue weighted by atomic mass is 127. The fourth-order valence-corrected chi connectivity index (χ4v) is 5.76. The SMILES string of the molecule is C/C(=C\I)[C@H](C/C=C/C=C/[C@@H]1OC2(C)CC[C@@H](C(=O)O)[C@H](O2)[C@H]1C)O[Si](C)(C)C(C)(C)C. The zero-order valence-electron chi connectivity index (χ0n) is 20.9. The molecule has 0 aromatic rings. The first-order valence-corrected chi connectivity index (χ1v) is 15.7. The predicted octanol–water partition coefficient (Wildman–Crippen LogP) is 6.85. The summed E-state index contributed by atoms with van der Waals surface area (Å²) in [7, 11) is -1.87. The van der Waals surface area contributed by atoms with Gasteiger partial charge in [0.15, 0.2) is 14.1 Å². The van der Waals surface area contributed by atoms with Crippen molar-refractivity contribution in [2.45, 2.75) is 103 Å². The van der Waals surface area contributed by atoms with Crippen molar-refractivity contribution >= 4 is 36.9 Å². The smallest absolute Gasteiger partial charge is 0.309 e. The van der Waals surface area contributed by atoms with E-state index in [0.717, 1.165) is 6.42 Å². The first-order chi connectivity index (χ1) is 14.7. The molecule has 1 N–H and O–H groups in total. The van der Waals surface area contributed by atoms with E-state index in [-0.39, 0.29) is 29.3 Å². The second-order valence-electron chi connectivity index (χ2n) is 10.9. The maximum atomic E-state index is 11.7. The lowest BCUT2D eigenvalue weighted by atomic mass is 9.79. The first-order valence-electron chi connectivity index (χ1n) is 11.6. The summed E-state index contributed by atoms with van der Waals surface area (Å²) in [6, 6.07) is 0. The molecule has 0 aliphatic carbocycles. The van der Waals surface area contributed by atoms with E-state index in [4.69, 9.17) is 13.9 Å². The number of hydrogen-bond donors (Lipinski definition) is 1. The molecule has 0 aromatic heterocycles. The van der Waals surface area contributed by atoms with Crippen LogP contribution in [0, 0.1) is 11.8 Å². The number of carboxylic acids is 1. The van der Waals surface area contributed by atoms with E-state index in [1.807, 2.05) is 32.1 Å². The zero-order chi connectivity index (χ0) is 24.3. The summed E-state index contributed by atoms with van der Waals surface area (Å²) in [5.41, 5.74) is 1.24. The van der Waals surface area contributed by atoms with E-state index in [1.54, 1.807) is 0 Å². The van der Waals surface area contributed by atoms with Crippen LogP contribution in [-0.4, -0.2) is 43.5 Å². The monoisotopic (exact) mass is 576 g/mol. The summed E-state index contributed by atoms with van der Waals surface area (Å²) in [5.74, 6) is -1.97. The molecule has 7 heteroatoms. The topological polar surface area (TPSA) is 65.0 Å². The Hall–Kier alpha value is -0.483. The van der Waals surface area contributed by atoms with Gasteiger partial charge in [-0.15, -0.1) is 0 Å². The molecule has 0 spiro atoms. The van der Waals surface area contributed by atoms with Crippen LogP contribution in [0.15, 0.2) is 34.0 Å². The second kappa shape index (κ2) is 10.8. The number of hydrogen-bond acceptors (Lipinski definition) is 4. The third kappa shape index (κ3) is 6.78. The van der Waals surface area contributed by atoms with Gasteiger partial charge in [0.2, 0.25) is 0 Å². The number of halogens is 1. The molecule has 2 heterocycles. The third-order valence-electron chi connectivity index (χ3n) is 7.25. The molecule has 0 saturated carbocycles. The Morgan fingerprint density at radius 2 is 1.97 bits per heavy atom. The van der Waals surface area contributed by atoms with Crippen LogP contribution >= 0.6 is 22.6 Å². The Bertz CT molecular complexity index is 754. The lowest BCUT2D eigenvalue weighted by molar-refractivity contribution is -0.345. The molecule has 32 heavy (non-hydrogen) atoms. The Balaban J connectivity index is 2.04. The summed E-state index contributed by atoms with van der Waals surface area (Å²) in [4.78, 5) is 11.7. The molecule has 2 aliphatic heterocycles. The minimum absolute atomic E-state index is 0.0204. The Morgan fingerprint density at radius 3 is 2.53 bits per heavy atom. The van der Waals surface area contributed by atoms with Crippen molar-refractivity contribution in [3.8, 4) is 0 Å². The molecule has 2 saturated heterocycles. The van der Waals surface area contributed by atoms with Crippen molar-refractivity contribution in [1.29, 1.82) is 0 Å². The molecule has 1 unspecified atom stereocenters. The Kier molecular flexibility index (Phi) is 9.41. The van der Waals surface area contributed by atoms with Crippen molar-refractivity contribution in [3.63, 3.8) is 0 Å². The second-order valence-corrected chi connectivity index (χ2v) is 16.3. The molecule has 2 fully saturated rings. The van der Waals surface area contributed by atoms with Crippen LogP contribution in [0.3, 0.4) is 0 Å². The minimum Gasteiger partial charge on any atom is -0.481 e. The van der Waals surface area contributed by atoms with E-state index >= 15 is 0 Å². The van der Waals surface area contributed by atoms with E-state index in [2.05, 4.69) is 73.5 Å². The van der Waals surface area contributed by atoms with Gasteiger partial charge >= 0.3 is 5.97 Å². The van der Waals surface area contributed by atoms with Crippen molar-refractivity contribution < 1.29 is 23.8 Å². The molecular weight excluding hydrogens is 535 g/mol. The lowest BCUT2D eigenvalue weighted by Crippen LogP contribution is -2.58. The van der Waals surface area contributed by atoms with Crippen molar-refractivity contribution in [2.75, 3.05) is 0 Å². The van der Waals surface area contributed by atoms with Gasteiger partial charge in [0.1, 0.15) is 0 Å². The largest absolute Gasteiger partial charge is 0.481 e. The molecule has 182 valence electrons. The van der Waals surface area contributed by atoms with Gasteiger partial charge < -0.3 is 19.0 Å². The fraction of sp³-hybridized carbons (Fsp3) is 0.720. The van der Waals surface area contributed by atoms with Gasteiger partial charge in [-0.25, -0.2) is 0 Å². The van der Waals surface area contributed by atoms with Crippen LogP contribution in [0.25, 0.3) is 0 Å². The number of ether oxygens (including phenoxy) is 2. The number of rotatable bonds is 8. The highest BCUT2D eigenvalue weighted by Gasteiger charge is 2.51. The Morgan fingerprint density at radius 1 is 1.31 bits per heavy atom. The molecule has 5 nitrogen and oxygen atoms in total. The Labute approximate surface area is 208 Å². The maximum Gasteiger partial charge on any atom is 0.309 e. The normalized spacial score (nSPS) is 33.1. The summed E-state index contributed by atoms with van der Waals surface area (Å²) in [6.45, 7) is 17.4. The van der Waals surface area contributed by atoms with Gasteiger partial charge in [-0.3, -0.25) is 4.79 Å². The number of aliphatic carboxylic acids is 1. The quantitative estimate of drug-likeness (QED) is 0.195. The van der Waals surface area contributed by atoms with Gasteiger partial charge in [0.25, 0.3) is 0 Å². The molecule has 2 aliphatic rings. The lowest BCUT2D eigenvalue weighted by Gasteiger charge is -2.51. The van der Waals surface area contributed by atoms with Crippen LogP contribution in [-0.2, 0) is 18.7 Å². The van der Waals surface area contributed by atoms with E-state index < -0.39 is 26.0 Å². The van der Waals surface area contributed by atoms with Crippen molar-refractivity contribution in [3.05, 3.63) is 34.0 Å². The minimum atomic E-state index is -1.87. The summed E-state index contributed by atoms with van der Waals surface area (Å²) in [6.07, 6.45) is 9.82. The highest BCUT2D eigenvalue weighted by Crippen LogP contribution is 2.44. The summed E-state index contributed by atoms with van der Waals surface area (Å²) >= 11 is 2.29. The number of fused-ring (bicyclic) bond motifs is 2. The number of allylic oxidation sites excluding steroid dienone is 2. The zero-order valence-corrected chi connectivity index (χ0v) is 24.0. The summed E-state index contributed by atoms with van der Waals surface area (Å²) < 4.78 is 21.0. The fourth-order valence-electron chi connectivity index (χ4n) is 4.02. The van der Waals surface area contributed by atoms with Crippen molar-refractivity contribution in [1.82, 2.24) is 0 Å². The molecular formula is C25H41IO5Si. The molecule has 6 atom stereocenters. The number of carbonyl (C=O) groups is 1. The molecule has 2 bridgehead atoms. The van der Waals surface area contributed by atoms with Gasteiger partial charge in [-0.05, 0) is 54.5 Å². The van der Waals surface area contributed by atoms with Gasteiger partial charge in [-0.1, -0.05) is 74.6 Å². The van der Waals surface area contributed by atoms with Crippen LogP contribution in [0.5, 0.6) is 0 Å². The molecule has 0 radical (unpaired) electrons. The van der Waals surface area contributed by atoms with Crippen LogP contribution < -0.4 is 0 Å². The summed E-state index contributed by atoms with van der Waals surface area (Å²) in [5, 5.41) is 9.73. The van der Waals surface area contributed by atoms with Gasteiger partial charge in [0.05, 0.1) is 24.2 Å². The maximum absolute atomic E-state index is 11.7.